The highest BCUT2D eigenvalue weighted by Gasteiger charge is 2.30. The van der Waals surface area contributed by atoms with Crippen molar-refractivity contribution in [3.63, 3.8) is 0 Å². The summed E-state index contributed by atoms with van der Waals surface area (Å²) in [6, 6.07) is 5.73. The number of aryl methyl sites for hydroxylation is 1. The van der Waals surface area contributed by atoms with Crippen molar-refractivity contribution in [2.45, 2.75) is 71.1 Å². The topological polar surface area (TPSA) is 0 Å². The van der Waals surface area contributed by atoms with Gasteiger partial charge in [-0.1, -0.05) is 31.9 Å². The Labute approximate surface area is 129 Å². The Hall–Kier alpha value is -0.850. The molecule has 2 saturated carbocycles. The normalized spacial score (nSPS) is 33.9. The molecule has 1 aromatic rings. The zero-order valence-corrected chi connectivity index (χ0v) is 13.6. The molecule has 1 heteroatoms. The third-order valence-corrected chi connectivity index (χ3v) is 6.15. The van der Waals surface area contributed by atoms with Crippen LogP contribution in [0.4, 0.5) is 4.39 Å². The van der Waals surface area contributed by atoms with Gasteiger partial charge in [0.05, 0.1) is 0 Å². The number of benzene rings is 1. The molecule has 0 radical (unpaired) electrons. The summed E-state index contributed by atoms with van der Waals surface area (Å²) in [7, 11) is 0. The van der Waals surface area contributed by atoms with Crippen LogP contribution in [-0.4, -0.2) is 0 Å². The molecule has 0 atom stereocenters. The maximum Gasteiger partial charge on any atom is 0.126 e. The lowest BCUT2D eigenvalue weighted by molar-refractivity contribution is 0.165. The van der Waals surface area contributed by atoms with Crippen molar-refractivity contribution in [1.29, 1.82) is 0 Å². The first-order valence-electron chi connectivity index (χ1n) is 8.89. The lowest BCUT2D eigenvalue weighted by Crippen LogP contribution is -2.24. The van der Waals surface area contributed by atoms with Gasteiger partial charge in [0, 0.05) is 0 Å². The van der Waals surface area contributed by atoms with Crippen molar-refractivity contribution in [1.82, 2.24) is 0 Å². The Morgan fingerprint density at radius 2 is 1.43 bits per heavy atom. The lowest BCUT2D eigenvalue weighted by atomic mass is 9.68. The minimum Gasteiger partial charge on any atom is -0.207 e. The van der Waals surface area contributed by atoms with Gasteiger partial charge in [-0.15, -0.1) is 0 Å². The van der Waals surface area contributed by atoms with E-state index in [9.17, 15) is 4.39 Å². The van der Waals surface area contributed by atoms with Crippen molar-refractivity contribution >= 4 is 0 Å². The molecule has 116 valence electrons. The number of hydrogen-bond donors (Lipinski definition) is 0. The molecule has 0 saturated heterocycles. The Morgan fingerprint density at radius 3 is 2.00 bits per heavy atom. The highest BCUT2D eigenvalue weighted by Crippen LogP contribution is 2.43. The van der Waals surface area contributed by atoms with E-state index in [-0.39, 0.29) is 5.82 Å². The quantitative estimate of drug-likeness (QED) is 0.604. The lowest BCUT2D eigenvalue weighted by Gasteiger charge is -2.37. The first-order valence-corrected chi connectivity index (χ1v) is 8.89. The summed E-state index contributed by atoms with van der Waals surface area (Å²) in [4.78, 5) is 0. The van der Waals surface area contributed by atoms with Gasteiger partial charge in [0.1, 0.15) is 5.82 Å². The van der Waals surface area contributed by atoms with Gasteiger partial charge < -0.3 is 0 Å². The molecule has 2 aliphatic carbocycles. The number of hydrogen-bond acceptors (Lipinski definition) is 0. The summed E-state index contributed by atoms with van der Waals surface area (Å²) in [6.45, 7) is 4.29. The van der Waals surface area contributed by atoms with Crippen LogP contribution < -0.4 is 0 Å². The summed E-state index contributed by atoms with van der Waals surface area (Å²) in [6.07, 6.45) is 11.2. The zero-order chi connectivity index (χ0) is 14.8. The minimum atomic E-state index is -0.0660. The Balaban J connectivity index is 1.56. The molecular formula is C20H29F. The van der Waals surface area contributed by atoms with Gasteiger partial charge in [-0.05, 0) is 86.3 Å². The fourth-order valence-electron chi connectivity index (χ4n) is 4.60. The van der Waals surface area contributed by atoms with Crippen molar-refractivity contribution in [3.05, 3.63) is 35.1 Å². The van der Waals surface area contributed by atoms with E-state index in [0.717, 1.165) is 23.3 Å². The van der Waals surface area contributed by atoms with E-state index in [0.29, 0.717) is 5.92 Å². The summed E-state index contributed by atoms with van der Waals surface area (Å²) in [5.41, 5.74) is 2.17. The van der Waals surface area contributed by atoms with E-state index in [1.807, 2.05) is 13.0 Å². The summed E-state index contributed by atoms with van der Waals surface area (Å²) in [5.74, 6) is 3.53. The largest absolute Gasteiger partial charge is 0.207 e. The Morgan fingerprint density at radius 1 is 0.857 bits per heavy atom. The average molecular weight is 288 g/mol. The van der Waals surface area contributed by atoms with E-state index >= 15 is 0 Å². The monoisotopic (exact) mass is 288 g/mol. The van der Waals surface area contributed by atoms with Crippen LogP contribution in [-0.2, 0) is 0 Å². The van der Waals surface area contributed by atoms with Gasteiger partial charge in [-0.2, -0.15) is 0 Å². The fraction of sp³-hybridized carbons (Fsp3) is 0.700. The third-order valence-electron chi connectivity index (χ3n) is 6.15. The number of halogens is 1. The third kappa shape index (κ3) is 3.49. The fourth-order valence-corrected chi connectivity index (χ4v) is 4.60. The van der Waals surface area contributed by atoms with E-state index in [4.69, 9.17) is 0 Å². The van der Waals surface area contributed by atoms with Crippen LogP contribution in [0.25, 0.3) is 0 Å². The van der Waals surface area contributed by atoms with Crippen molar-refractivity contribution < 1.29 is 4.39 Å². The molecule has 3 rings (SSSR count). The Kier molecular flexibility index (Phi) is 4.66. The van der Waals surface area contributed by atoms with Gasteiger partial charge in [-0.25, -0.2) is 4.39 Å². The Bertz CT molecular complexity index is 463. The van der Waals surface area contributed by atoms with Crippen LogP contribution in [0.2, 0.25) is 0 Å². The van der Waals surface area contributed by atoms with Crippen LogP contribution in [0.3, 0.4) is 0 Å². The van der Waals surface area contributed by atoms with Crippen LogP contribution in [0.5, 0.6) is 0 Å². The summed E-state index contributed by atoms with van der Waals surface area (Å²) in [5, 5.41) is 0. The van der Waals surface area contributed by atoms with E-state index in [1.54, 1.807) is 6.07 Å². The molecule has 0 unspecified atom stereocenters. The summed E-state index contributed by atoms with van der Waals surface area (Å²) < 4.78 is 13.4. The zero-order valence-electron chi connectivity index (χ0n) is 13.6. The molecule has 21 heavy (non-hydrogen) atoms. The van der Waals surface area contributed by atoms with Crippen LogP contribution in [0.1, 0.15) is 75.3 Å². The molecule has 0 amide bonds. The predicted octanol–water partition coefficient (Wildman–Crippen LogP) is 6.23. The van der Waals surface area contributed by atoms with Crippen LogP contribution in [0, 0.1) is 30.5 Å². The van der Waals surface area contributed by atoms with E-state index in [1.165, 1.54) is 56.9 Å². The first-order chi connectivity index (χ1) is 10.1. The van der Waals surface area contributed by atoms with Gasteiger partial charge in [0.25, 0.3) is 0 Å². The molecule has 2 fully saturated rings. The van der Waals surface area contributed by atoms with Gasteiger partial charge in [0.15, 0.2) is 0 Å². The minimum absolute atomic E-state index is 0.0660. The molecule has 1 aromatic carbocycles. The van der Waals surface area contributed by atoms with Crippen molar-refractivity contribution in [2.24, 2.45) is 17.8 Å². The highest BCUT2D eigenvalue weighted by atomic mass is 19.1. The second-order valence-corrected chi connectivity index (χ2v) is 7.64. The molecule has 0 nitrogen and oxygen atoms in total. The predicted molar refractivity (Wildman–Crippen MR) is 87.0 cm³/mol. The van der Waals surface area contributed by atoms with Gasteiger partial charge >= 0.3 is 0 Å². The van der Waals surface area contributed by atoms with Gasteiger partial charge in [-0.3, -0.25) is 0 Å². The van der Waals surface area contributed by atoms with Crippen molar-refractivity contribution in [2.75, 3.05) is 0 Å². The van der Waals surface area contributed by atoms with Crippen LogP contribution in [0.15, 0.2) is 18.2 Å². The molecule has 0 aliphatic heterocycles. The maximum absolute atomic E-state index is 13.4. The SMILES string of the molecule is Cc1cc(C2CCC(C3CCC(C)CC3)CC2)ccc1F. The average Bonchev–Trinajstić information content (AvgIpc) is 2.51. The second kappa shape index (κ2) is 6.50. The molecule has 2 aliphatic rings. The summed E-state index contributed by atoms with van der Waals surface area (Å²) >= 11 is 0. The van der Waals surface area contributed by atoms with Crippen LogP contribution >= 0.6 is 0 Å². The van der Waals surface area contributed by atoms with E-state index in [2.05, 4.69) is 13.0 Å². The highest BCUT2D eigenvalue weighted by molar-refractivity contribution is 5.27. The van der Waals surface area contributed by atoms with Crippen molar-refractivity contribution in [3.8, 4) is 0 Å². The molecule has 0 N–H and O–H groups in total. The molecule has 0 aromatic heterocycles. The maximum atomic E-state index is 13.4. The number of rotatable bonds is 2. The standard InChI is InChI=1S/C20H29F/c1-14-3-5-16(6-4-14)17-7-9-18(10-8-17)19-11-12-20(21)15(2)13-19/h11-14,16-18H,3-10H2,1-2H3. The smallest absolute Gasteiger partial charge is 0.126 e. The molecule has 0 heterocycles. The second-order valence-electron chi connectivity index (χ2n) is 7.64. The molecule has 0 bridgehead atoms. The first kappa shape index (κ1) is 15.1. The van der Waals surface area contributed by atoms with Gasteiger partial charge in [0.2, 0.25) is 0 Å². The van der Waals surface area contributed by atoms with E-state index < -0.39 is 0 Å². The molecular weight excluding hydrogens is 259 g/mol. The molecule has 0 spiro atoms.